The van der Waals surface area contributed by atoms with Crippen molar-refractivity contribution in [2.45, 2.75) is 20.4 Å². The lowest BCUT2D eigenvalue weighted by molar-refractivity contribution is 0.247. The highest BCUT2D eigenvalue weighted by Crippen LogP contribution is 2.21. The Bertz CT molecular complexity index is 867. The van der Waals surface area contributed by atoms with Gasteiger partial charge in [-0.2, -0.15) is 0 Å². The zero-order valence-electron chi connectivity index (χ0n) is 15.2. The Morgan fingerprint density at radius 1 is 1.08 bits per heavy atom. The first-order valence-electron chi connectivity index (χ1n) is 8.91. The molecule has 7 nitrogen and oxygen atoms in total. The number of nitrogens with one attached hydrogen (secondary N) is 1. The maximum Gasteiger partial charge on any atom is 0.163 e. The Kier molecular flexibility index (Phi) is 4.62. The third-order valence-corrected chi connectivity index (χ3v) is 4.61. The zero-order chi connectivity index (χ0) is 17.9. The minimum atomic E-state index is 0.739. The van der Waals surface area contributed by atoms with Gasteiger partial charge in [0.1, 0.15) is 11.6 Å². The lowest BCUT2D eigenvalue weighted by atomic mass is 10.2. The number of rotatable bonds is 4. The van der Waals surface area contributed by atoms with Crippen molar-refractivity contribution in [1.82, 2.24) is 29.8 Å². The summed E-state index contributed by atoms with van der Waals surface area (Å²) in [7, 11) is 0. The summed E-state index contributed by atoms with van der Waals surface area (Å²) in [6.45, 7) is 8.83. The molecule has 26 heavy (non-hydrogen) atoms. The van der Waals surface area contributed by atoms with E-state index in [9.17, 15) is 0 Å². The van der Waals surface area contributed by atoms with Gasteiger partial charge in [0.25, 0.3) is 0 Å². The Hall–Kier alpha value is -2.80. The van der Waals surface area contributed by atoms with Crippen LogP contribution in [0.5, 0.6) is 0 Å². The molecule has 0 amide bonds. The maximum atomic E-state index is 4.78. The van der Waals surface area contributed by atoms with E-state index >= 15 is 0 Å². The number of hydrogen-bond donors (Lipinski definition) is 1. The first-order valence-corrected chi connectivity index (χ1v) is 8.91. The van der Waals surface area contributed by atoms with Crippen LogP contribution in [0.2, 0.25) is 0 Å². The van der Waals surface area contributed by atoms with E-state index in [2.05, 4.69) is 35.8 Å². The highest BCUT2D eigenvalue weighted by atomic mass is 15.3. The summed E-state index contributed by atoms with van der Waals surface area (Å²) in [6, 6.07) is 5.97. The molecule has 0 aliphatic carbocycles. The fourth-order valence-electron chi connectivity index (χ4n) is 3.27. The molecule has 1 N–H and O–H groups in total. The molecule has 0 saturated carbocycles. The second kappa shape index (κ2) is 7.21. The molecule has 0 spiro atoms. The molecular formula is C19H23N7. The fraction of sp³-hybridized carbons (Fsp3) is 0.368. The molecule has 134 valence electrons. The average molecular weight is 349 g/mol. The van der Waals surface area contributed by atoms with Gasteiger partial charge in [0.05, 0.1) is 0 Å². The van der Waals surface area contributed by atoms with Crippen LogP contribution in [0.4, 0.5) is 5.82 Å². The van der Waals surface area contributed by atoms with Crippen molar-refractivity contribution in [2.24, 2.45) is 0 Å². The molecule has 0 aromatic carbocycles. The lowest BCUT2D eigenvalue weighted by Gasteiger charge is -2.35. The van der Waals surface area contributed by atoms with Gasteiger partial charge in [0.15, 0.2) is 5.82 Å². The van der Waals surface area contributed by atoms with Crippen LogP contribution in [-0.4, -0.2) is 56.0 Å². The second-order valence-electron chi connectivity index (χ2n) is 6.69. The summed E-state index contributed by atoms with van der Waals surface area (Å²) in [5.41, 5.74) is 3.10. The molecule has 3 aromatic rings. The van der Waals surface area contributed by atoms with Gasteiger partial charge in [0.2, 0.25) is 0 Å². The number of aromatic amines is 1. The van der Waals surface area contributed by atoms with Crippen molar-refractivity contribution in [1.29, 1.82) is 0 Å². The Morgan fingerprint density at radius 3 is 2.62 bits per heavy atom. The third-order valence-electron chi connectivity index (χ3n) is 4.61. The number of aryl methyl sites for hydroxylation is 2. The summed E-state index contributed by atoms with van der Waals surface area (Å²) in [6.07, 6.45) is 5.50. The van der Waals surface area contributed by atoms with E-state index in [1.807, 2.05) is 38.4 Å². The van der Waals surface area contributed by atoms with Crippen LogP contribution in [-0.2, 0) is 6.54 Å². The summed E-state index contributed by atoms with van der Waals surface area (Å²) in [5.74, 6) is 2.70. The Balaban J connectivity index is 1.45. The summed E-state index contributed by atoms with van der Waals surface area (Å²) in [4.78, 5) is 25.9. The Labute approximate surface area is 153 Å². The van der Waals surface area contributed by atoms with Gasteiger partial charge >= 0.3 is 0 Å². The van der Waals surface area contributed by atoms with Crippen molar-refractivity contribution < 1.29 is 0 Å². The molecule has 0 unspecified atom stereocenters. The molecule has 0 bridgehead atoms. The van der Waals surface area contributed by atoms with Gasteiger partial charge in [-0.3, -0.25) is 9.88 Å². The number of nitrogens with zero attached hydrogens (tertiary/aromatic N) is 6. The number of H-pyrrole nitrogens is 1. The molecular weight excluding hydrogens is 326 g/mol. The predicted octanol–water partition coefficient (Wildman–Crippen LogP) is 2.20. The molecule has 4 rings (SSSR count). The van der Waals surface area contributed by atoms with Gasteiger partial charge in [-0.15, -0.1) is 0 Å². The van der Waals surface area contributed by atoms with Crippen LogP contribution in [0.3, 0.4) is 0 Å². The third kappa shape index (κ3) is 3.72. The number of pyridine rings is 1. The van der Waals surface area contributed by atoms with Crippen molar-refractivity contribution in [3.63, 3.8) is 0 Å². The molecule has 1 aliphatic rings. The topological polar surface area (TPSA) is 73.8 Å². The van der Waals surface area contributed by atoms with Crippen molar-refractivity contribution >= 4 is 5.82 Å². The maximum absolute atomic E-state index is 4.78. The van der Waals surface area contributed by atoms with Gasteiger partial charge in [-0.25, -0.2) is 15.0 Å². The predicted molar refractivity (Wildman–Crippen MR) is 101 cm³/mol. The zero-order valence-corrected chi connectivity index (χ0v) is 15.2. The molecule has 3 aromatic heterocycles. The lowest BCUT2D eigenvalue weighted by Crippen LogP contribution is -2.46. The first kappa shape index (κ1) is 16.7. The van der Waals surface area contributed by atoms with Crippen molar-refractivity contribution in [2.75, 3.05) is 31.1 Å². The molecule has 1 fully saturated rings. The Morgan fingerprint density at radius 2 is 1.92 bits per heavy atom. The summed E-state index contributed by atoms with van der Waals surface area (Å²) < 4.78 is 0. The average Bonchev–Trinajstić information content (AvgIpc) is 3.07. The minimum Gasteiger partial charge on any atom is -0.354 e. The number of anilines is 1. The molecule has 7 heteroatoms. The second-order valence-corrected chi connectivity index (χ2v) is 6.69. The molecule has 1 aliphatic heterocycles. The van der Waals surface area contributed by atoms with Gasteiger partial charge in [0, 0.05) is 74.3 Å². The first-order chi connectivity index (χ1) is 12.7. The van der Waals surface area contributed by atoms with Crippen LogP contribution >= 0.6 is 0 Å². The van der Waals surface area contributed by atoms with E-state index in [4.69, 9.17) is 4.98 Å². The van der Waals surface area contributed by atoms with E-state index < -0.39 is 0 Å². The van der Waals surface area contributed by atoms with E-state index in [0.717, 1.165) is 61.4 Å². The van der Waals surface area contributed by atoms with E-state index in [1.54, 1.807) is 6.20 Å². The smallest absolute Gasteiger partial charge is 0.163 e. The van der Waals surface area contributed by atoms with Gasteiger partial charge < -0.3 is 9.88 Å². The standard InChI is InChI=1S/C19H23N7/c1-14-10-18(24-19(22-14)16-4-3-5-20-11-16)26-8-6-25(7-9-26)13-17-12-21-15(2)23-17/h3-5,10-12H,6-9,13H2,1-2H3,(H,21,23). The highest BCUT2D eigenvalue weighted by Gasteiger charge is 2.19. The number of imidazole rings is 1. The molecule has 0 atom stereocenters. The van der Waals surface area contributed by atoms with Crippen LogP contribution in [0.1, 0.15) is 17.2 Å². The van der Waals surface area contributed by atoms with Crippen LogP contribution in [0, 0.1) is 13.8 Å². The monoisotopic (exact) mass is 349 g/mol. The van der Waals surface area contributed by atoms with Crippen molar-refractivity contribution in [3.05, 3.63) is 54.0 Å². The van der Waals surface area contributed by atoms with Gasteiger partial charge in [-0.05, 0) is 26.0 Å². The molecule has 4 heterocycles. The normalized spacial score (nSPS) is 15.4. The van der Waals surface area contributed by atoms with Crippen LogP contribution in [0.25, 0.3) is 11.4 Å². The van der Waals surface area contributed by atoms with E-state index in [-0.39, 0.29) is 0 Å². The largest absolute Gasteiger partial charge is 0.354 e. The van der Waals surface area contributed by atoms with Crippen LogP contribution in [0.15, 0.2) is 36.8 Å². The van der Waals surface area contributed by atoms with Gasteiger partial charge in [-0.1, -0.05) is 0 Å². The van der Waals surface area contributed by atoms with E-state index in [0.29, 0.717) is 0 Å². The highest BCUT2D eigenvalue weighted by molar-refractivity contribution is 5.56. The summed E-state index contributed by atoms with van der Waals surface area (Å²) in [5, 5.41) is 0. The van der Waals surface area contributed by atoms with Crippen LogP contribution < -0.4 is 4.90 Å². The number of aromatic nitrogens is 5. The quantitative estimate of drug-likeness (QED) is 0.778. The number of piperazine rings is 1. The number of hydrogen-bond acceptors (Lipinski definition) is 6. The summed E-state index contributed by atoms with van der Waals surface area (Å²) >= 11 is 0. The van der Waals surface area contributed by atoms with Crippen molar-refractivity contribution in [3.8, 4) is 11.4 Å². The minimum absolute atomic E-state index is 0.739. The SMILES string of the molecule is Cc1cc(N2CCN(Cc3cnc(C)[nH]3)CC2)nc(-c2cccnc2)n1. The fourth-order valence-corrected chi connectivity index (χ4v) is 3.27. The molecule has 1 saturated heterocycles. The molecule has 0 radical (unpaired) electrons. The van der Waals surface area contributed by atoms with E-state index in [1.165, 1.54) is 5.69 Å².